The summed E-state index contributed by atoms with van der Waals surface area (Å²) >= 11 is 4.94. The lowest BCUT2D eigenvalue weighted by Crippen LogP contribution is -2.50. The van der Waals surface area contributed by atoms with Crippen LogP contribution in [0, 0.1) is 10.1 Å². The third kappa shape index (κ3) is 3.52. The van der Waals surface area contributed by atoms with Crippen molar-refractivity contribution >= 4 is 29.2 Å². The van der Waals surface area contributed by atoms with Gasteiger partial charge >= 0.3 is 11.7 Å². The van der Waals surface area contributed by atoms with Crippen LogP contribution in [0.4, 0.5) is 5.69 Å². The summed E-state index contributed by atoms with van der Waals surface area (Å²) in [5.41, 5.74) is 1.00. The molecule has 2 atom stereocenters. The largest absolute Gasteiger partial charge is 0.502 e. The summed E-state index contributed by atoms with van der Waals surface area (Å²) in [5.74, 6) is -0.988. The SMILES string of the molecule is CCOC(=O)C1=C(C)NC(C=S)NC1c1ccc([N+](=O)[O-])c(O)c1. The Morgan fingerprint density at radius 1 is 1.54 bits per heavy atom. The number of nitrogens with one attached hydrogen (secondary N) is 2. The Bertz CT molecular complexity index is 719. The van der Waals surface area contributed by atoms with Crippen LogP contribution < -0.4 is 10.6 Å². The number of nitro benzene ring substituents is 1. The molecule has 0 saturated carbocycles. The van der Waals surface area contributed by atoms with Crippen molar-refractivity contribution in [2.45, 2.75) is 26.1 Å². The van der Waals surface area contributed by atoms with Crippen LogP contribution >= 0.6 is 12.2 Å². The molecule has 0 radical (unpaired) electrons. The molecule has 2 rings (SSSR count). The van der Waals surface area contributed by atoms with Crippen molar-refractivity contribution < 1.29 is 19.6 Å². The average Bonchev–Trinajstić information content (AvgIpc) is 2.53. The number of carbonyl (C=O) groups is 1. The maximum Gasteiger partial charge on any atom is 0.337 e. The zero-order valence-electron chi connectivity index (χ0n) is 13.1. The maximum absolute atomic E-state index is 12.3. The monoisotopic (exact) mass is 351 g/mol. The van der Waals surface area contributed by atoms with Crippen LogP contribution in [0.15, 0.2) is 29.5 Å². The molecule has 3 N–H and O–H groups in total. The molecule has 0 aliphatic carbocycles. The average molecular weight is 351 g/mol. The molecule has 1 aliphatic heterocycles. The summed E-state index contributed by atoms with van der Waals surface area (Å²) < 4.78 is 5.08. The van der Waals surface area contributed by atoms with Gasteiger partial charge in [-0.15, -0.1) is 0 Å². The highest BCUT2D eigenvalue weighted by Gasteiger charge is 2.33. The molecule has 0 amide bonds. The van der Waals surface area contributed by atoms with Crippen molar-refractivity contribution in [1.29, 1.82) is 0 Å². The number of nitrogens with zero attached hydrogens (tertiary/aromatic N) is 1. The van der Waals surface area contributed by atoms with Gasteiger partial charge in [0, 0.05) is 17.1 Å². The first-order valence-corrected chi connectivity index (χ1v) is 7.69. The molecule has 0 aromatic heterocycles. The molecule has 8 nitrogen and oxygen atoms in total. The number of carbonyl (C=O) groups excluding carboxylic acids is 1. The van der Waals surface area contributed by atoms with E-state index in [0.717, 1.165) is 0 Å². The predicted octanol–water partition coefficient (Wildman–Crippen LogP) is 1.70. The van der Waals surface area contributed by atoms with Gasteiger partial charge in [0.1, 0.15) is 6.17 Å². The fourth-order valence-electron chi connectivity index (χ4n) is 2.52. The van der Waals surface area contributed by atoms with Crippen molar-refractivity contribution in [2.24, 2.45) is 0 Å². The predicted molar refractivity (Wildman–Crippen MR) is 90.5 cm³/mol. The molecule has 1 heterocycles. The normalized spacial score (nSPS) is 20.2. The van der Waals surface area contributed by atoms with Gasteiger partial charge in [0.15, 0.2) is 5.75 Å². The zero-order chi connectivity index (χ0) is 17.9. The fraction of sp³-hybridized carbons (Fsp3) is 0.333. The van der Waals surface area contributed by atoms with Crippen molar-refractivity contribution in [3.63, 3.8) is 0 Å². The van der Waals surface area contributed by atoms with Crippen LogP contribution in [0.3, 0.4) is 0 Å². The van der Waals surface area contributed by atoms with Crippen molar-refractivity contribution in [3.05, 3.63) is 45.1 Å². The second kappa shape index (κ2) is 7.37. The molecule has 128 valence electrons. The smallest absolute Gasteiger partial charge is 0.337 e. The molecule has 9 heteroatoms. The molecule has 0 saturated heterocycles. The number of ether oxygens (including phenoxy) is 1. The van der Waals surface area contributed by atoms with Gasteiger partial charge in [-0.2, -0.15) is 0 Å². The molecule has 1 aromatic rings. The minimum Gasteiger partial charge on any atom is -0.502 e. The van der Waals surface area contributed by atoms with Crippen LogP contribution in [0.1, 0.15) is 25.5 Å². The van der Waals surface area contributed by atoms with Crippen LogP contribution in [0.5, 0.6) is 5.75 Å². The van der Waals surface area contributed by atoms with E-state index in [1.54, 1.807) is 13.8 Å². The Labute approximate surface area is 143 Å². The number of benzene rings is 1. The second-order valence-electron chi connectivity index (χ2n) is 5.12. The Hall–Kier alpha value is -2.52. The summed E-state index contributed by atoms with van der Waals surface area (Å²) in [6.07, 6.45) is -0.375. The summed E-state index contributed by atoms with van der Waals surface area (Å²) in [6, 6.07) is 3.31. The lowest BCUT2D eigenvalue weighted by atomic mass is 9.94. The molecular weight excluding hydrogens is 334 g/mol. The topological polar surface area (TPSA) is 114 Å². The molecule has 1 aliphatic rings. The highest BCUT2D eigenvalue weighted by Crippen LogP contribution is 2.33. The van der Waals surface area contributed by atoms with Gasteiger partial charge in [0.2, 0.25) is 0 Å². The van der Waals surface area contributed by atoms with Gasteiger partial charge in [0.05, 0.1) is 23.1 Å². The Morgan fingerprint density at radius 2 is 2.25 bits per heavy atom. The van der Waals surface area contributed by atoms with E-state index < -0.39 is 28.4 Å². The van der Waals surface area contributed by atoms with E-state index in [2.05, 4.69) is 10.6 Å². The Balaban J connectivity index is 2.49. The van der Waals surface area contributed by atoms with Crippen molar-refractivity contribution in [1.82, 2.24) is 10.6 Å². The van der Waals surface area contributed by atoms with Crippen LogP contribution in [-0.4, -0.2) is 34.1 Å². The molecule has 0 bridgehead atoms. The standard InChI is InChI=1S/C15H17N3O5S/c1-3-23-15(20)13-8(2)16-12(7-24)17-14(13)9-4-5-10(18(21)22)11(19)6-9/h4-7,12,14,16-17,19H,3H2,1-2H3. The van der Waals surface area contributed by atoms with E-state index in [0.29, 0.717) is 16.8 Å². The number of allylic oxidation sites excluding steroid dienone is 1. The van der Waals surface area contributed by atoms with Crippen molar-refractivity contribution in [2.75, 3.05) is 6.61 Å². The summed E-state index contributed by atoms with van der Waals surface area (Å²) in [7, 11) is 0. The third-order valence-corrected chi connectivity index (χ3v) is 3.84. The molecule has 1 aromatic carbocycles. The van der Waals surface area contributed by atoms with Gasteiger partial charge in [-0.1, -0.05) is 12.2 Å². The first kappa shape index (κ1) is 17.8. The Kier molecular flexibility index (Phi) is 5.47. The number of phenols is 1. The molecular formula is C15H17N3O5S. The number of hydrogen-bond acceptors (Lipinski definition) is 8. The Morgan fingerprint density at radius 3 is 2.79 bits per heavy atom. The van der Waals surface area contributed by atoms with Gasteiger partial charge in [-0.05, 0) is 31.5 Å². The van der Waals surface area contributed by atoms with Gasteiger partial charge in [-0.3, -0.25) is 15.4 Å². The first-order chi connectivity index (χ1) is 11.4. The van der Waals surface area contributed by atoms with Gasteiger partial charge in [-0.25, -0.2) is 4.79 Å². The lowest BCUT2D eigenvalue weighted by molar-refractivity contribution is -0.385. The minimum absolute atomic E-state index is 0.213. The van der Waals surface area contributed by atoms with E-state index in [1.807, 2.05) is 0 Å². The maximum atomic E-state index is 12.3. The number of thiocarbonyl (C=S) groups is 1. The summed E-state index contributed by atoms with van der Waals surface area (Å²) in [4.78, 5) is 22.4. The van der Waals surface area contributed by atoms with E-state index in [1.165, 1.54) is 23.6 Å². The van der Waals surface area contributed by atoms with Crippen molar-refractivity contribution in [3.8, 4) is 5.75 Å². The van der Waals surface area contributed by atoms with Crippen LogP contribution in [0.25, 0.3) is 0 Å². The number of rotatable bonds is 5. The lowest BCUT2D eigenvalue weighted by Gasteiger charge is -2.33. The zero-order valence-corrected chi connectivity index (χ0v) is 13.9. The van der Waals surface area contributed by atoms with Gasteiger partial charge < -0.3 is 15.2 Å². The van der Waals surface area contributed by atoms with E-state index >= 15 is 0 Å². The van der Waals surface area contributed by atoms with Gasteiger partial charge in [0.25, 0.3) is 0 Å². The second-order valence-corrected chi connectivity index (χ2v) is 5.39. The highest BCUT2D eigenvalue weighted by atomic mass is 32.1. The molecule has 0 spiro atoms. The number of nitro groups is 1. The number of aromatic hydroxyl groups is 1. The third-order valence-electron chi connectivity index (χ3n) is 3.57. The van der Waals surface area contributed by atoms with E-state index in [9.17, 15) is 20.0 Å². The number of esters is 1. The highest BCUT2D eigenvalue weighted by molar-refractivity contribution is 7.79. The molecule has 0 fully saturated rings. The summed E-state index contributed by atoms with van der Waals surface area (Å²) in [6.45, 7) is 3.63. The number of phenolic OH excluding ortho intramolecular Hbond substituents is 1. The first-order valence-electron chi connectivity index (χ1n) is 7.22. The summed E-state index contributed by atoms with van der Waals surface area (Å²) in [5, 5.41) is 28.3. The van der Waals surface area contributed by atoms with E-state index in [-0.39, 0.29) is 12.8 Å². The molecule has 2 unspecified atom stereocenters. The van der Waals surface area contributed by atoms with Crippen LogP contribution in [-0.2, 0) is 9.53 Å². The minimum atomic E-state index is -0.678. The quantitative estimate of drug-likeness (QED) is 0.318. The van der Waals surface area contributed by atoms with Crippen LogP contribution in [0.2, 0.25) is 0 Å². The molecule has 24 heavy (non-hydrogen) atoms. The number of hydrogen-bond donors (Lipinski definition) is 3. The fourth-order valence-corrected chi connectivity index (χ4v) is 2.67. The van der Waals surface area contributed by atoms with E-state index in [4.69, 9.17) is 17.0 Å².